The summed E-state index contributed by atoms with van der Waals surface area (Å²) in [5.74, 6) is -0.376. The van der Waals surface area contributed by atoms with Gasteiger partial charge in [-0.2, -0.15) is 0 Å². The molecule has 0 amide bonds. The molecule has 0 radical (unpaired) electrons. The molecule has 1 atom stereocenters. The molecular weight excluding hydrogens is 280 g/mol. The minimum atomic E-state index is -0.376. The van der Waals surface area contributed by atoms with E-state index in [4.69, 9.17) is 4.74 Å². The fourth-order valence-electron chi connectivity index (χ4n) is 2.49. The molecular formula is C16H18N4O2. The van der Waals surface area contributed by atoms with Gasteiger partial charge >= 0.3 is 5.97 Å². The third-order valence-corrected chi connectivity index (χ3v) is 3.52. The first-order chi connectivity index (χ1) is 10.7. The van der Waals surface area contributed by atoms with E-state index < -0.39 is 0 Å². The number of carbonyl (C=O) groups is 1. The van der Waals surface area contributed by atoms with Gasteiger partial charge in [0.05, 0.1) is 11.8 Å². The Morgan fingerprint density at radius 1 is 1.36 bits per heavy atom. The van der Waals surface area contributed by atoms with E-state index in [1.807, 2.05) is 37.3 Å². The maximum absolute atomic E-state index is 12.6. The number of aromatic amines is 1. The summed E-state index contributed by atoms with van der Waals surface area (Å²) in [6.45, 7) is 3.96. The van der Waals surface area contributed by atoms with Gasteiger partial charge in [-0.25, -0.2) is 9.31 Å². The highest BCUT2D eigenvalue weighted by Gasteiger charge is 2.24. The van der Waals surface area contributed by atoms with Crippen LogP contribution in [0.3, 0.4) is 0 Å². The predicted octanol–water partition coefficient (Wildman–Crippen LogP) is 3.07. The topological polar surface area (TPSA) is 72.3 Å². The Balaban J connectivity index is 2.03. The van der Waals surface area contributed by atoms with E-state index in [0.29, 0.717) is 16.9 Å². The van der Waals surface area contributed by atoms with Crippen LogP contribution in [-0.4, -0.2) is 31.9 Å². The normalized spacial score (nSPS) is 12.5. The minimum Gasteiger partial charge on any atom is -0.459 e. The lowest BCUT2D eigenvalue weighted by Crippen LogP contribution is -2.15. The zero-order chi connectivity index (χ0) is 15.5. The van der Waals surface area contributed by atoms with Gasteiger partial charge < -0.3 is 4.74 Å². The van der Waals surface area contributed by atoms with E-state index in [9.17, 15) is 4.79 Å². The highest BCUT2D eigenvalue weighted by Crippen LogP contribution is 2.26. The average Bonchev–Trinajstić information content (AvgIpc) is 3.08. The molecule has 6 heteroatoms. The average molecular weight is 298 g/mol. The van der Waals surface area contributed by atoms with Crippen molar-refractivity contribution in [2.75, 3.05) is 0 Å². The molecule has 1 aromatic carbocycles. The highest BCUT2D eigenvalue weighted by molar-refractivity contribution is 6.02. The molecule has 3 aromatic rings. The third-order valence-electron chi connectivity index (χ3n) is 3.52. The summed E-state index contributed by atoms with van der Waals surface area (Å²) in [6.07, 6.45) is 3.21. The molecule has 0 bridgehead atoms. The predicted molar refractivity (Wildman–Crippen MR) is 82.6 cm³/mol. The Bertz CT molecular complexity index is 776. The van der Waals surface area contributed by atoms with Crippen molar-refractivity contribution >= 4 is 11.6 Å². The number of carbonyl (C=O) groups excluding carboxylic acids is 1. The van der Waals surface area contributed by atoms with Crippen molar-refractivity contribution in [3.05, 3.63) is 42.2 Å². The van der Waals surface area contributed by atoms with Gasteiger partial charge in [-0.05, 0) is 13.3 Å². The van der Waals surface area contributed by atoms with Crippen LogP contribution < -0.4 is 0 Å². The molecule has 0 spiro atoms. The number of H-pyrrole nitrogens is 1. The number of fused-ring (bicyclic) bond motifs is 1. The Morgan fingerprint density at radius 3 is 2.86 bits per heavy atom. The number of benzene rings is 1. The molecule has 0 aliphatic heterocycles. The van der Waals surface area contributed by atoms with E-state index in [1.165, 1.54) is 6.33 Å². The second kappa shape index (κ2) is 6.01. The van der Waals surface area contributed by atoms with E-state index in [-0.39, 0.29) is 12.1 Å². The van der Waals surface area contributed by atoms with Crippen molar-refractivity contribution in [1.82, 2.24) is 19.8 Å². The van der Waals surface area contributed by atoms with Crippen molar-refractivity contribution in [3.63, 3.8) is 0 Å². The van der Waals surface area contributed by atoms with E-state index in [0.717, 1.165) is 18.4 Å². The number of hydrogen-bond acceptors (Lipinski definition) is 4. The van der Waals surface area contributed by atoms with E-state index in [2.05, 4.69) is 22.2 Å². The Labute approximate surface area is 128 Å². The van der Waals surface area contributed by atoms with E-state index in [1.54, 1.807) is 4.52 Å². The van der Waals surface area contributed by atoms with Gasteiger partial charge in [-0.15, -0.1) is 10.2 Å². The monoisotopic (exact) mass is 298 g/mol. The largest absolute Gasteiger partial charge is 0.459 e. The third kappa shape index (κ3) is 2.59. The molecule has 1 N–H and O–H groups in total. The van der Waals surface area contributed by atoms with E-state index >= 15 is 0 Å². The second-order valence-electron chi connectivity index (χ2n) is 5.26. The van der Waals surface area contributed by atoms with Crippen molar-refractivity contribution in [2.24, 2.45) is 0 Å². The quantitative estimate of drug-likeness (QED) is 0.735. The van der Waals surface area contributed by atoms with Gasteiger partial charge in [0, 0.05) is 5.56 Å². The summed E-state index contributed by atoms with van der Waals surface area (Å²) < 4.78 is 7.16. The van der Waals surface area contributed by atoms with Gasteiger partial charge in [0.2, 0.25) is 0 Å². The standard InChI is InChI=1S/C16H18N4O2/c1-3-7-11(2)22-16(21)13-14(12-8-5-4-6-9-12)19-20-10-17-18-15(13)20/h4-6,8-11,19H,3,7H2,1-2H3. The number of rotatable bonds is 5. The number of nitrogens with one attached hydrogen (secondary N) is 1. The van der Waals surface area contributed by atoms with Crippen LogP contribution in [0.4, 0.5) is 0 Å². The molecule has 2 heterocycles. The fraction of sp³-hybridized carbons (Fsp3) is 0.312. The van der Waals surface area contributed by atoms with Crippen LogP contribution in [0.15, 0.2) is 36.7 Å². The summed E-state index contributed by atoms with van der Waals surface area (Å²) in [5, 5.41) is 11.0. The van der Waals surface area contributed by atoms with Gasteiger partial charge in [0.15, 0.2) is 5.65 Å². The van der Waals surface area contributed by atoms with Gasteiger partial charge in [0.1, 0.15) is 11.9 Å². The maximum Gasteiger partial charge on any atom is 0.344 e. The molecule has 3 rings (SSSR count). The minimum absolute atomic E-state index is 0.126. The van der Waals surface area contributed by atoms with Gasteiger partial charge in [-0.1, -0.05) is 43.7 Å². The van der Waals surface area contributed by atoms with Crippen LogP contribution in [-0.2, 0) is 4.74 Å². The molecule has 0 aliphatic rings. The van der Waals surface area contributed by atoms with Gasteiger partial charge in [-0.3, -0.25) is 5.10 Å². The fourth-order valence-corrected chi connectivity index (χ4v) is 2.49. The summed E-state index contributed by atoms with van der Waals surface area (Å²) in [5.41, 5.74) is 2.50. The number of nitrogens with zero attached hydrogens (tertiary/aromatic N) is 3. The van der Waals surface area contributed by atoms with Crippen molar-refractivity contribution in [1.29, 1.82) is 0 Å². The molecule has 0 saturated heterocycles. The van der Waals surface area contributed by atoms with Crippen LogP contribution in [0, 0.1) is 0 Å². The molecule has 0 fully saturated rings. The molecule has 0 aliphatic carbocycles. The lowest BCUT2D eigenvalue weighted by molar-refractivity contribution is 0.0326. The molecule has 2 aromatic heterocycles. The highest BCUT2D eigenvalue weighted by atomic mass is 16.5. The molecule has 6 nitrogen and oxygen atoms in total. The summed E-state index contributed by atoms with van der Waals surface area (Å²) >= 11 is 0. The SMILES string of the molecule is CCCC(C)OC(=O)c1c(-c2ccccc2)[nH]n2cnnc12. The Hall–Kier alpha value is -2.63. The zero-order valence-corrected chi connectivity index (χ0v) is 12.6. The van der Waals surface area contributed by atoms with Crippen LogP contribution in [0.5, 0.6) is 0 Å². The number of aromatic nitrogens is 4. The lowest BCUT2D eigenvalue weighted by Gasteiger charge is -2.12. The summed E-state index contributed by atoms with van der Waals surface area (Å²) in [6, 6.07) is 9.65. The zero-order valence-electron chi connectivity index (χ0n) is 12.6. The van der Waals surface area contributed by atoms with Crippen LogP contribution >= 0.6 is 0 Å². The van der Waals surface area contributed by atoms with Gasteiger partial charge in [0.25, 0.3) is 0 Å². The number of hydrogen-bond donors (Lipinski definition) is 1. The number of ether oxygens (including phenoxy) is 1. The molecule has 22 heavy (non-hydrogen) atoms. The Kier molecular flexibility index (Phi) is 3.91. The summed E-state index contributed by atoms with van der Waals surface area (Å²) in [7, 11) is 0. The first-order valence-electron chi connectivity index (χ1n) is 7.38. The second-order valence-corrected chi connectivity index (χ2v) is 5.26. The molecule has 0 saturated carbocycles. The number of esters is 1. The van der Waals surface area contributed by atoms with Crippen LogP contribution in [0.1, 0.15) is 37.0 Å². The summed E-state index contributed by atoms with van der Waals surface area (Å²) in [4.78, 5) is 12.6. The van der Waals surface area contributed by atoms with Crippen LogP contribution in [0.2, 0.25) is 0 Å². The molecule has 114 valence electrons. The van der Waals surface area contributed by atoms with Crippen molar-refractivity contribution in [2.45, 2.75) is 32.8 Å². The smallest absolute Gasteiger partial charge is 0.344 e. The molecule has 1 unspecified atom stereocenters. The Morgan fingerprint density at radius 2 is 2.14 bits per heavy atom. The van der Waals surface area contributed by atoms with Crippen molar-refractivity contribution in [3.8, 4) is 11.3 Å². The first-order valence-corrected chi connectivity index (χ1v) is 7.38. The lowest BCUT2D eigenvalue weighted by atomic mass is 10.1. The van der Waals surface area contributed by atoms with Crippen LogP contribution in [0.25, 0.3) is 16.9 Å². The first kappa shape index (κ1) is 14.3. The van der Waals surface area contributed by atoms with Crippen molar-refractivity contribution < 1.29 is 9.53 Å². The maximum atomic E-state index is 12.6.